The third-order valence-electron chi connectivity index (χ3n) is 3.33. The highest BCUT2D eigenvalue weighted by molar-refractivity contribution is 4.73. The highest BCUT2D eigenvalue weighted by atomic mass is 14.9. The number of hydrogen-bond acceptors (Lipinski definition) is 1. The summed E-state index contributed by atoms with van der Waals surface area (Å²) in [5.41, 5.74) is 0. The Morgan fingerprint density at radius 2 is 1.29 bits per heavy atom. The van der Waals surface area contributed by atoms with Gasteiger partial charge in [-0.3, -0.25) is 0 Å². The van der Waals surface area contributed by atoms with E-state index in [1.807, 2.05) is 0 Å². The third kappa shape index (κ3) is 5.64. The van der Waals surface area contributed by atoms with Crippen molar-refractivity contribution in [3.63, 3.8) is 0 Å². The first-order valence-corrected chi connectivity index (χ1v) is 6.43. The minimum absolute atomic E-state index is 0.726. The standard InChI is InChI=1S/C13H29N/c1-6-11(5)10-13(9-4)14-12(7-2)8-3/h11-14H,6-10H2,1-5H3. The van der Waals surface area contributed by atoms with Crippen LogP contribution in [-0.2, 0) is 0 Å². The van der Waals surface area contributed by atoms with E-state index >= 15 is 0 Å². The lowest BCUT2D eigenvalue weighted by molar-refractivity contribution is 0.338. The second kappa shape index (κ2) is 8.28. The molecule has 0 aliphatic heterocycles. The minimum Gasteiger partial charge on any atom is -0.311 e. The maximum absolute atomic E-state index is 3.77. The molecule has 1 heteroatoms. The van der Waals surface area contributed by atoms with Crippen LogP contribution in [0.5, 0.6) is 0 Å². The van der Waals surface area contributed by atoms with Gasteiger partial charge in [0.25, 0.3) is 0 Å². The fourth-order valence-electron chi connectivity index (χ4n) is 1.86. The lowest BCUT2D eigenvalue weighted by Gasteiger charge is -2.25. The summed E-state index contributed by atoms with van der Waals surface area (Å²) in [6.07, 6.45) is 6.42. The second-order valence-electron chi connectivity index (χ2n) is 4.53. The van der Waals surface area contributed by atoms with Crippen LogP contribution in [0, 0.1) is 5.92 Å². The summed E-state index contributed by atoms with van der Waals surface area (Å²) >= 11 is 0. The lowest BCUT2D eigenvalue weighted by Crippen LogP contribution is -2.38. The Balaban J connectivity index is 3.88. The van der Waals surface area contributed by atoms with Gasteiger partial charge in [0.05, 0.1) is 0 Å². The van der Waals surface area contributed by atoms with Gasteiger partial charge in [-0.1, -0.05) is 41.0 Å². The molecule has 0 fully saturated rings. The Hall–Kier alpha value is -0.0400. The van der Waals surface area contributed by atoms with Crippen molar-refractivity contribution in [3.05, 3.63) is 0 Å². The quantitative estimate of drug-likeness (QED) is 0.623. The third-order valence-corrected chi connectivity index (χ3v) is 3.33. The van der Waals surface area contributed by atoms with Crippen LogP contribution < -0.4 is 5.32 Å². The average molecular weight is 199 g/mol. The Labute approximate surface area is 90.7 Å². The molecule has 0 rings (SSSR count). The Kier molecular flexibility index (Phi) is 8.26. The topological polar surface area (TPSA) is 12.0 Å². The SMILES string of the molecule is CCC(C)CC(CC)NC(CC)CC. The summed E-state index contributed by atoms with van der Waals surface area (Å²) in [7, 11) is 0. The Bertz CT molecular complexity index is 118. The number of rotatable bonds is 8. The van der Waals surface area contributed by atoms with Crippen molar-refractivity contribution in [2.75, 3.05) is 0 Å². The van der Waals surface area contributed by atoms with Gasteiger partial charge < -0.3 is 5.32 Å². The highest BCUT2D eigenvalue weighted by Gasteiger charge is 2.13. The normalized spacial score (nSPS) is 15.9. The van der Waals surface area contributed by atoms with Crippen molar-refractivity contribution in [2.24, 2.45) is 5.92 Å². The molecule has 2 atom stereocenters. The van der Waals surface area contributed by atoms with Crippen LogP contribution in [-0.4, -0.2) is 12.1 Å². The van der Waals surface area contributed by atoms with E-state index in [1.54, 1.807) is 0 Å². The Morgan fingerprint density at radius 1 is 0.786 bits per heavy atom. The molecule has 0 saturated heterocycles. The molecular weight excluding hydrogens is 170 g/mol. The molecule has 0 amide bonds. The zero-order valence-electron chi connectivity index (χ0n) is 10.8. The number of nitrogens with one attached hydrogen (secondary N) is 1. The van der Waals surface area contributed by atoms with E-state index in [-0.39, 0.29) is 0 Å². The molecule has 0 bridgehead atoms. The van der Waals surface area contributed by atoms with Crippen LogP contribution in [0.4, 0.5) is 0 Å². The van der Waals surface area contributed by atoms with Gasteiger partial charge in [-0.2, -0.15) is 0 Å². The van der Waals surface area contributed by atoms with E-state index in [2.05, 4.69) is 39.9 Å². The van der Waals surface area contributed by atoms with Crippen LogP contribution in [0.2, 0.25) is 0 Å². The van der Waals surface area contributed by atoms with E-state index < -0.39 is 0 Å². The molecule has 1 N–H and O–H groups in total. The molecule has 0 aromatic heterocycles. The molecule has 1 nitrogen and oxygen atoms in total. The first kappa shape index (κ1) is 14.0. The van der Waals surface area contributed by atoms with Gasteiger partial charge in [0.2, 0.25) is 0 Å². The highest BCUT2D eigenvalue weighted by Crippen LogP contribution is 2.13. The summed E-state index contributed by atoms with van der Waals surface area (Å²) < 4.78 is 0. The smallest absolute Gasteiger partial charge is 0.00695 e. The summed E-state index contributed by atoms with van der Waals surface area (Å²) in [6.45, 7) is 11.5. The number of hydrogen-bond donors (Lipinski definition) is 1. The molecule has 0 heterocycles. The van der Waals surface area contributed by atoms with Crippen LogP contribution in [0.1, 0.15) is 66.7 Å². The van der Waals surface area contributed by atoms with Crippen LogP contribution >= 0.6 is 0 Å². The maximum Gasteiger partial charge on any atom is 0.00695 e. The molecule has 0 saturated carbocycles. The minimum atomic E-state index is 0.726. The zero-order valence-corrected chi connectivity index (χ0v) is 10.8. The van der Waals surface area contributed by atoms with Crippen molar-refractivity contribution in [2.45, 2.75) is 78.8 Å². The van der Waals surface area contributed by atoms with E-state index in [9.17, 15) is 0 Å². The molecule has 0 spiro atoms. The van der Waals surface area contributed by atoms with Gasteiger partial charge >= 0.3 is 0 Å². The Morgan fingerprint density at radius 3 is 1.64 bits per heavy atom. The summed E-state index contributed by atoms with van der Waals surface area (Å²) in [6, 6.07) is 1.46. The zero-order chi connectivity index (χ0) is 11.0. The predicted octanol–water partition coefficient (Wildman–Crippen LogP) is 3.98. The summed E-state index contributed by atoms with van der Waals surface area (Å²) in [5, 5.41) is 3.77. The van der Waals surface area contributed by atoms with Crippen molar-refractivity contribution in [1.82, 2.24) is 5.32 Å². The summed E-state index contributed by atoms with van der Waals surface area (Å²) in [5.74, 6) is 0.863. The molecule has 86 valence electrons. The predicted molar refractivity (Wildman–Crippen MR) is 65.7 cm³/mol. The molecule has 0 radical (unpaired) electrons. The van der Waals surface area contributed by atoms with E-state index in [1.165, 1.54) is 32.1 Å². The van der Waals surface area contributed by atoms with E-state index in [0.717, 1.165) is 18.0 Å². The van der Waals surface area contributed by atoms with Gasteiger partial charge in [0.15, 0.2) is 0 Å². The molecule has 2 unspecified atom stereocenters. The van der Waals surface area contributed by atoms with Crippen molar-refractivity contribution in [1.29, 1.82) is 0 Å². The van der Waals surface area contributed by atoms with Crippen LogP contribution in [0.3, 0.4) is 0 Å². The van der Waals surface area contributed by atoms with Gasteiger partial charge in [0, 0.05) is 12.1 Å². The van der Waals surface area contributed by atoms with Crippen molar-refractivity contribution < 1.29 is 0 Å². The van der Waals surface area contributed by atoms with E-state index in [4.69, 9.17) is 0 Å². The second-order valence-corrected chi connectivity index (χ2v) is 4.53. The van der Waals surface area contributed by atoms with Crippen LogP contribution in [0.25, 0.3) is 0 Å². The molecular formula is C13H29N. The fraction of sp³-hybridized carbons (Fsp3) is 1.00. The molecule has 0 aliphatic carbocycles. The molecule has 14 heavy (non-hydrogen) atoms. The summed E-state index contributed by atoms with van der Waals surface area (Å²) in [4.78, 5) is 0. The molecule has 0 aliphatic rings. The average Bonchev–Trinajstić information content (AvgIpc) is 2.23. The van der Waals surface area contributed by atoms with Gasteiger partial charge in [0.1, 0.15) is 0 Å². The largest absolute Gasteiger partial charge is 0.311 e. The van der Waals surface area contributed by atoms with Crippen molar-refractivity contribution >= 4 is 0 Å². The van der Waals surface area contributed by atoms with Gasteiger partial charge in [-0.05, 0) is 31.6 Å². The van der Waals surface area contributed by atoms with Crippen molar-refractivity contribution in [3.8, 4) is 0 Å². The van der Waals surface area contributed by atoms with Gasteiger partial charge in [-0.15, -0.1) is 0 Å². The monoisotopic (exact) mass is 199 g/mol. The van der Waals surface area contributed by atoms with Crippen LogP contribution in [0.15, 0.2) is 0 Å². The first-order chi connectivity index (χ1) is 6.67. The molecule has 0 aromatic carbocycles. The van der Waals surface area contributed by atoms with Gasteiger partial charge in [-0.25, -0.2) is 0 Å². The van der Waals surface area contributed by atoms with E-state index in [0.29, 0.717) is 0 Å². The maximum atomic E-state index is 3.77. The first-order valence-electron chi connectivity index (χ1n) is 6.43. The molecule has 0 aromatic rings. The lowest BCUT2D eigenvalue weighted by atomic mass is 9.96. The fourth-order valence-corrected chi connectivity index (χ4v) is 1.86.